The lowest BCUT2D eigenvalue weighted by Crippen LogP contribution is -2.40. The molecule has 4 heterocycles. The second-order valence-electron chi connectivity index (χ2n) is 6.66. The molecule has 3 aliphatic rings. The van der Waals surface area contributed by atoms with Crippen LogP contribution in [0.5, 0.6) is 0 Å². The van der Waals surface area contributed by atoms with Gasteiger partial charge in [0.15, 0.2) is 5.82 Å². The van der Waals surface area contributed by atoms with Crippen LogP contribution in [-0.4, -0.2) is 59.8 Å². The van der Waals surface area contributed by atoms with E-state index in [4.69, 9.17) is 4.74 Å². The Bertz CT molecular complexity index is 505. The van der Waals surface area contributed by atoms with Gasteiger partial charge in [-0.1, -0.05) is 0 Å². The molecular weight excluding hydrogens is 283 g/mol. The maximum absolute atomic E-state index is 13.0. The molecule has 0 saturated carbocycles. The van der Waals surface area contributed by atoms with Crippen molar-refractivity contribution in [3.63, 3.8) is 0 Å². The topological polar surface area (TPSA) is 41.5 Å². The molecule has 0 aliphatic carbocycles. The van der Waals surface area contributed by atoms with Crippen molar-refractivity contribution in [2.24, 2.45) is 5.92 Å². The molecule has 120 valence electrons. The summed E-state index contributed by atoms with van der Waals surface area (Å²) in [6, 6.07) is 1.10. The molecule has 22 heavy (non-hydrogen) atoms. The molecule has 0 aromatic carbocycles. The molecule has 1 aromatic heterocycles. The van der Waals surface area contributed by atoms with Crippen molar-refractivity contribution >= 4 is 5.95 Å². The third-order valence-electron chi connectivity index (χ3n) is 5.39. The first kappa shape index (κ1) is 14.3. The van der Waals surface area contributed by atoms with Crippen LogP contribution in [0.15, 0.2) is 12.4 Å². The predicted molar refractivity (Wildman–Crippen MR) is 81.3 cm³/mol. The number of halogens is 1. The summed E-state index contributed by atoms with van der Waals surface area (Å²) in [4.78, 5) is 13.3. The van der Waals surface area contributed by atoms with Gasteiger partial charge in [0.1, 0.15) is 0 Å². The van der Waals surface area contributed by atoms with E-state index in [1.165, 1.54) is 31.8 Å². The maximum atomic E-state index is 13.0. The van der Waals surface area contributed by atoms with Gasteiger partial charge in [-0.25, -0.2) is 14.4 Å². The summed E-state index contributed by atoms with van der Waals surface area (Å²) >= 11 is 0. The number of rotatable bonds is 3. The van der Waals surface area contributed by atoms with Crippen molar-refractivity contribution in [3.8, 4) is 0 Å². The average Bonchev–Trinajstić information content (AvgIpc) is 3.13. The standard InChI is InChI=1S/C16H23FN4O/c17-13-9-18-16(19-10-13)21-6-2-14-15(21)1-5-20(14)11-12-3-7-22-8-4-12/h9-10,12,14-15H,1-8,11H2/t14-,15+/m1/s1. The first-order valence-electron chi connectivity index (χ1n) is 8.37. The smallest absolute Gasteiger partial charge is 0.225 e. The Hall–Kier alpha value is -1.27. The average molecular weight is 306 g/mol. The molecule has 0 bridgehead atoms. The van der Waals surface area contributed by atoms with Gasteiger partial charge in [-0.2, -0.15) is 0 Å². The highest BCUT2D eigenvalue weighted by atomic mass is 19.1. The second kappa shape index (κ2) is 6.08. The van der Waals surface area contributed by atoms with E-state index in [9.17, 15) is 4.39 Å². The molecule has 0 N–H and O–H groups in total. The predicted octanol–water partition coefficient (Wildman–Crippen LogP) is 1.70. The summed E-state index contributed by atoms with van der Waals surface area (Å²) in [5.74, 6) is 1.09. The van der Waals surface area contributed by atoms with Crippen LogP contribution in [-0.2, 0) is 4.74 Å². The maximum Gasteiger partial charge on any atom is 0.225 e. The molecule has 6 heteroatoms. The molecular formula is C16H23FN4O. The summed E-state index contributed by atoms with van der Waals surface area (Å²) in [5.41, 5.74) is 0. The lowest BCUT2D eigenvalue weighted by molar-refractivity contribution is 0.0508. The van der Waals surface area contributed by atoms with E-state index in [-0.39, 0.29) is 5.82 Å². The Kier molecular flexibility index (Phi) is 3.96. The number of ether oxygens (including phenoxy) is 1. The van der Waals surface area contributed by atoms with Crippen molar-refractivity contribution in [2.75, 3.05) is 37.7 Å². The van der Waals surface area contributed by atoms with E-state index in [2.05, 4.69) is 19.8 Å². The van der Waals surface area contributed by atoms with Gasteiger partial charge < -0.3 is 9.64 Å². The van der Waals surface area contributed by atoms with Gasteiger partial charge in [-0.05, 0) is 31.6 Å². The number of anilines is 1. The van der Waals surface area contributed by atoms with E-state index in [1.54, 1.807) is 0 Å². The lowest BCUT2D eigenvalue weighted by atomic mass is 9.99. The summed E-state index contributed by atoms with van der Waals surface area (Å²) in [5, 5.41) is 0. The Labute approximate surface area is 130 Å². The van der Waals surface area contributed by atoms with Gasteiger partial charge in [0.25, 0.3) is 0 Å². The zero-order chi connectivity index (χ0) is 14.9. The largest absolute Gasteiger partial charge is 0.381 e. The third kappa shape index (κ3) is 2.70. The van der Waals surface area contributed by atoms with Gasteiger partial charge in [0.05, 0.1) is 12.4 Å². The van der Waals surface area contributed by atoms with Gasteiger partial charge in [-0.15, -0.1) is 0 Å². The SMILES string of the molecule is Fc1cnc(N2CC[C@@H]3[C@@H]2CCN3CC2CCOCC2)nc1. The van der Waals surface area contributed by atoms with E-state index >= 15 is 0 Å². The van der Waals surface area contributed by atoms with E-state index < -0.39 is 0 Å². The van der Waals surface area contributed by atoms with Gasteiger partial charge in [0.2, 0.25) is 5.95 Å². The van der Waals surface area contributed by atoms with Crippen molar-refractivity contribution in [1.29, 1.82) is 0 Å². The molecule has 2 atom stereocenters. The molecule has 0 amide bonds. The third-order valence-corrected chi connectivity index (χ3v) is 5.39. The first-order chi connectivity index (χ1) is 10.8. The van der Waals surface area contributed by atoms with Crippen LogP contribution in [0.4, 0.5) is 10.3 Å². The Morgan fingerprint density at radius 3 is 2.55 bits per heavy atom. The minimum atomic E-state index is -0.368. The van der Waals surface area contributed by atoms with Crippen molar-refractivity contribution < 1.29 is 9.13 Å². The zero-order valence-electron chi connectivity index (χ0n) is 12.8. The van der Waals surface area contributed by atoms with E-state index in [0.717, 1.165) is 45.1 Å². The quantitative estimate of drug-likeness (QED) is 0.850. The fraction of sp³-hybridized carbons (Fsp3) is 0.750. The van der Waals surface area contributed by atoms with Crippen LogP contribution in [0, 0.1) is 11.7 Å². The fourth-order valence-corrected chi connectivity index (χ4v) is 4.26. The minimum Gasteiger partial charge on any atom is -0.381 e. The molecule has 3 aliphatic heterocycles. The van der Waals surface area contributed by atoms with Crippen LogP contribution in [0.25, 0.3) is 0 Å². The number of fused-ring (bicyclic) bond motifs is 1. The Balaban J connectivity index is 1.41. The molecule has 0 unspecified atom stereocenters. The summed E-state index contributed by atoms with van der Waals surface area (Å²) in [7, 11) is 0. The lowest BCUT2D eigenvalue weighted by Gasteiger charge is -2.30. The normalized spacial score (nSPS) is 30.0. The zero-order valence-corrected chi connectivity index (χ0v) is 12.8. The summed E-state index contributed by atoms with van der Waals surface area (Å²) in [6.07, 6.45) is 7.25. The Morgan fingerprint density at radius 2 is 1.77 bits per heavy atom. The van der Waals surface area contributed by atoms with E-state index in [0.29, 0.717) is 18.0 Å². The molecule has 0 radical (unpaired) electrons. The number of aromatic nitrogens is 2. The van der Waals surface area contributed by atoms with Crippen molar-refractivity contribution in [3.05, 3.63) is 18.2 Å². The van der Waals surface area contributed by atoms with Crippen molar-refractivity contribution in [2.45, 2.75) is 37.8 Å². The van der Waals surface area contributed by atoms with Gasteiger partial charge in [-0.3, -0.25) is 4.90 Å². The van der Waals surface area contributed by atoms with Crippen molar-refractivity contribution in [1.82, 2.24) is 14.9 Å². The molecule has 4 rings (SSSR count). The summed E-state index contributed by atoms with van der Waals surface area (Å²) in [6.45, 7) is 5.17. The Morgan fingerprint density at radius 1 is 1.05 bits per heavy atom. The second-order valence-corrected chi connectivity index (χ2v) is 6.66. The highest BCUT2D eigenvalue weighted by molar-refractivity contribution is 5.35. The molecule has 3 fully saturated rings. The van der Waals surface area contributed by atoms with Crippen LogP contribution in [0.1, 0.15) is 25.7 Å². The highest BCUT2D eigenvalue weighted by Crippen LogP contribution is 2.34. The summed E-state index contributed by atoms with van der Waals surface area (Å²) < 4.78 is 18.5. The molecule has 1 aromatic rings. The monoisotopic (exact) mass is 306 g/mol. The first-order valence-corrected chi connectivity index (χ1v) is 8.37. The minimum absolute atomic E-state index is 0.368. The van der Waals surface area contributed by atoms with Gasteiger partial charge >= 0.3 is 0 Å². The highest BCUT2D eigenvalue weighted by Gasteiger charge is 2.43. The number of likely N-dealkylation sites (tertiary alicyclic amines) is 1. The number of hydrogen-bond acceptors (Lipinski definition) is 5. The number of nitrogens with zero attached hydrogens (tertiary/aromatic N) is 4. The van der Waals surface area contributed by atoms with Crippen LogP contribution in [0.2, 0.25) is 0 Å². The molecule has 0 spiro atoms. The molecule has 3 saturated heterocycles. The van der Waals surface area contributed by atoms with Gasteiger partial charge in [0, 0.05) is 44.9 Å². The fourth-order valence-electron chi connectivity index (χ4n) is 4.26. The van der Waals surface area contributed by atoms with Crippen LogP contribution in [0.3, 0.4) is 0 Å². The van der Waals surface area contributed by atoms with E-state index in [1.807, 2.05) is 0 Å². The molecule has 5 nitrogen and oxygen atoms in total. The van der Waals surface area contributed by atoms with Crippen LogP contribution >= 0.6 is 0 Å². The van der Waals surface area contributed by atoms with Crippen LogP contribution < -0.4 is 4.90 Å². The number of hydrogen-bond donors (Lipinski definition) is 0.